The highest BCUT2D eigenvalue weighted by Crippen LogP contribution is 2.47. The number of morpholine rings is 1. The van der Waals surface area contributed by atoms with E-state index < -0.39 is 23.7 Å². The second-order valence-electron chi connectivity index (χ2n) is 10.3. The van der Waals surface area contributed by atoms with E-state index in [1.54, 1.807) is 20.9 Å². The molecule has 5 rings (SSSR count). The molecule has 2 saturated heterocycles. The first-order valence-corrected chi connectivity index (χ1v) is 12.9. The van der Waals surface area contributed by atoms with Crippen LogP contribution >= 0.6 is 0 Å². The molecule has 39 heavy (non-hydrogen) atoms. The largest absolute Gasteiger partial charge is 0.457 e. The van der Waals surface area contributed by atoms with Gasteiger partial charge >= 0.3 is 6.18 Å². The van der Waals surface area contributed by atoms with Gasteiger partial charge in [0.15, 0.2) is 12.4 Å². The maximum Gasteiger partial charge on any atom is 0.408 e. The lowest BCUT2D eigenvalue weighted by Crippen LogP contribution is -2.45. The van der Waals surface area contributed by atoms with E-state index in [0.29, 0.717) is 42.5 Å². The van der Waals surface area contributed by atoms with Crippen molar-refractivity contribution < 1.29 is 27.4 Å². The fourth-order valence-corrected chi connectivity index (χ4v) is 5.40. The summed E-state index contributed by atoms with van der Waals surface area (Å²) in [5, 5.41) is 11.1. The minimum Gasteiger partial charge on any atom is -0.457 e. The van der Waals surface area contributed by atoms with E-state index in [0.717, 1.165) is 23.7 Å². The highest BCUT2D eigenvalue weighted by Gasteiger charge is 2.49. The number of carbonyl (C=O) groups is 1. The fourth-order valence-electron chi connectivity index (χ4n) is 5.40. The molecule has 2 N–H and O–H groups in total. The maximum atomic E-state index is 13.6. The van der Waals surface area contributed by atoms with Gasteiger partial charge in [-0.1, -0.05) is 0 Å². The second-order valence-corrected chi connectivity index (χ2v) is 10.3. The normalized spacial score (nSPS) is 20.8. The van der Waals surface area contributed by atoms with Gasteiger partial charge in [0.1, 0.15) is 17.7 Å². The number of fused-ring (bicyclic) bond motifs is 1. The molecule has 210 valence electrons. The molecule has 3 aliphatic heterocycles. The van der Waals surface area contributed by atoms with Gasteiger partial charge in [-0.25, -0.2) is 9.97 Å². The molecule has 1 aromatic carbocycles. The Labute approximate surface area is 224 Å². The summed E-state index contributed by atoms with van der Waals surface area (Å²) in [7, 11) is 1.67. The molecular formula is C26H32F3N7O3. The van der Waals surface area contributed by atoms with Crippen molar-refractivity contribution in [3.05, 3.63) is 35.7 Å². The van der Waals surface area contributed by atoms with E-state index in [-0.39, 0.29) is 31.3 Å². The molecule has 1 aromatic heterocycles. The molecule has 4 heterocycles. The first-order chi connectivity index (χ1) is 18.5. The Kier molecular flexibility index (Phi) is 7.04. The third kappa shape index (κ3) is 4.95. The number of hydrogen-bond donors (Lipinski definition) is 2. The second kappa shape index (κ2) is 10.2. The Bertz CT molecular complexity index is 1250. The van der Waals surface area contributed by atoms with Gasteiger partial charge in [-0.2, -0.15) is 13.2 Å². The van der Waals surface area contributed by atoms with Gasteiger partial charge in [-0.3, -0.25) is 15.1 Å². The average molecular weight is 548 g/mol. The molecule has 0 aliphatic carbocycles. The number of aromatic nitrogens is 2. The van der Waals surface area contributed by atoms with Crippen molar-refractivity contribution in [1.82, 2.24) is 14.9 Å². The number of rotatable bonds is 5. The van der Waals surface area contributed by atoms with E-state index in [4.69, 9.17) is 14.9 Å². The Morgan fingerprint density at radius 2 is 1.82 bits per heavy atom. The average Bonchev–Trinajstić information content (AvgIpc) is 3.50. The number of benzene rings is 1. The number of carbonyl (C=O) groups excluding carboxylic acids is 1. The van der Waals surface area contributed by atoms with Crippen LogP contribution in [0.5, 0.6) is 0 Å². The maximum absolute atomic E-state index is 13.6. The topological polar surface area (TPSA) is 107 Å². The number of likely N-dealkylation sites (tertiary alicyclic amines) is 1. The lowest BCUT2D eigenvalue weighted by Gasteiger charge is -2.29. The molecule has 0 bridgehead atoms. The number of anilines is 4. The van der Waals surface area contributed by atoms with E-state index in [9.17, 15) is 18.0 Å². The van der Waals surface area contributed by atoms with Crippen LogP contribution in [0.1, 0.15) is 38.1 Å². The Morgan fingerprint density at radius 1 is 1.15 bits per heavy atom. The molecule has 3 aliphatic rings. The number of hydrogen-bond acceptors (Lipinski definition) is 8. The summed E-state index contributed by atoms with van der Waals surface area (Å²) in [5.41, 5.74) is 1.34. The van der Waals surface area contributed by atoms with Gasteiger partial charge in [-0.05, 0) is 51.0 Å². The number of nitrogens with zero attached hydrogens (tertiary/aromatic N) is 5. The Hall–Kier alpha value is -3.61. The van der Waals surface area contributed by atoms with Gasteiger partial charge in [0.2, 0.25) is 5.91 Å². The first kappa shape index (κ1) is 27.0. The third-order valence-electron chi connectivity index (χ3n) is 7.46. The highest BCUT2D eigenvalue weighted by molar-refractivity contribution is 6.12. The zero-order valence-electron chi connectivity index (χ0n) is 22.1. The van der Waals surface area contributed by atoms with Crippen LogP contribution in [0.3, 0.4) is 0 Å². The molecule has 1 amide bonds. The van der Waals surface area contributed by atoms with Crippen molar-refractivity contribution in [3.8, 4) is 0 Å². The molecule has 1 atom stereocenters. The molecule has 2 aromatic rings. The zero-order chi connectivity index (χ0) is 27.9. The summed E-state index contributed by atoms with van der Waals surface area (Å²) < 4.78 is 50.9. The third-order valence-corrected chi connectivity index (χ3v) is 7.46. The summed E-state index contributed by atoms with van der Waals surface area (Å²) in [5.74, 6) is 0.762. The fraction of sp³-hybridized carbons (Fsp3) is 0.538. The van der Waals surface area contributed by atoms with Crippen LogP contribution in [0.25, 0.3) is 0 Å². The molecule has 10 nitrogen and oxygen atoms in total. The van der Waals surface area contributed by atoms with E-state index in [1.807, 2.05) is 24.3 Å². The number of alkyl halides is 3. The lowest BCUT2D eigenvalue weighted by molar-refractivity contribution is -0.169. The van der Waals surface area contributed by atoms with Gasteiger partial charge in [0.25, 0.3) is 6.02 Å². The van der Waals surface area contributed by atoms with Gasteiger partial charge in [0.05, 0.1) is 29.9 Å². The summed E-state index contributed by atoms with van der Waals surface area (Å²) in [6.07, 6.45) is -4.20. The van der Waals surface area contributed by atoms with Gasteiger partial charge in [0, 0.05) is 32.4 Å². The van der Waals surface area contributed by atoms with E-state index >= 15 is 0 Å². The standard InChI is InChI=1S/C26H32F3N7O3/c1-25(2)20-21(31-3)32-19(15-39-24(30)35-10-4-5-18(35)26(27,28)29)33-22(20)36(23(25)37)17-8-6-16(7-9-17)34-11-13-38-14-12-34/h6-9,18,30H,4-5,10-15H2,1-3H3,(H,31,32,33)/t18-/m1/s1. The first-order valence-electron chi connectivity index (χ1n) is 12.9. The predicted octanol–water partition coefficient (Wildman–Crippen LogP) is 3.79. The van der Waals surface area contributed by atoms with Crippen molar-refractivity contribution in [3.63, 3.8) is 0 Å². The molecule has 0 unspecified atom stereocenters. The molecule has 0 radical (unpaired) electrons. The molecule has 0 spiro atoms. The minimum atomic E-state index is -4.45. The van der Waals surface area contributed by atoms with Crippen LogP contribution in [0.2, 0.25) is 0 Å². The van der Waals surface area contributed by atoms with Gasteiger partial charge < -0.3 is 24.6 Å². The quantitative estimate of drug-likeness (QED) is 0.430. The van der Waals surface area contributed by atoms with E-state index in [2.05, 4.69) is 20.2 Å². The smallest absolute Gasteiger partial charge is 0.408 e. The molecule has 13 heteroatoms. The number of ether oxygens (including phenoxy) is 2. The van der Waals surface area contributed by atoms with Crippen molar-refractivity contribution in [2.75, 3.05) is 55.0 Å². The minimum absolute atomic E-state index is 0.0784. The molecular weight excluding hydrogens is 515 g/mol. The van der Waals surface area contributed by atoms with Crippen molar-refractivity contribution in [2.24, 2.45) is 0 Å². The summed E-state index contributed by atoms with van der Waals surface area (Å²) >= 11 is 0. The van der Waals surface area contributed by atoms with Gasteiger partial charge in [-0.15, -0.1) is 0 Å². The van der Waals surface area contributed by atoms with Crippen molar-refractivity contribution in [2.45, 2.75) is 50.9 Å². The van der Waals surface area contributed by atoms with Crippen LogP contribution < -0.4 is 15.1 Å². The summed E-state index contributed by atoms with van der Waals surface area (Å²) in [6, 6.07) is 5.33. The molecule has 0 saturated carbocycles. The lowest BCUT2D eigenvalue weighted by atomic mass is 9.87. The zero-order valence-corrected chi connectivity index (χ0v) is 22.1. The number of amides is 1. The van der Waals surface area contributed by atoms with Crippen LogP contribution in [0.4, 0.5) is 36.2 Å². The number of amidine groups is 1. The summed E-state index contributed by atoms with van der Waals surface area (Å²) in [4.78, 5) is 27.4. The Morgan fingerprint density at radius 3 is 2.46 bits per heavy atom. The predicted molar refractivity (Wildman–Crippen MR) is 140 cm³/mol. The monoisotopic (exact) mass is 547 g/mol. The van der Waals surface area contributed by atoms with Crippen LogP contribution in [0.15, 0.2) is 24.3 Å². The van der Waals surface area contributed by atoms with Crippen LogP contribution in [0, 0.1) is 5.41 Å². The molecule has 2 fully saturated rings. The van der Waals surface area contributed by atoms with Crippen molar-refractivity contribution in [1.29, 1.82) is 5.41 Å². The number of nitrogens with one attached hydrogen (secondary N) is 2. The van der Waals surface area contributed by atoms with Crippen molar-refractivity contribution >= 4 is 34.9 Å². The van der Waals surface area contributed by atoms with Crippen LogP contribution in [-0.2, 0) is 26.3 Å². The SMILES string of the molecule is CNc1nc(COC(=N)N2CCC[C@@H]2C(F)(F)F)nc2c1C(C)(C)C(=O)N2c1ccc(N2CCOCC2)cc1. The summed E-state index contributed by atoms with van der Waals surface area (Å²) in [6.45, 7) is 6.27. The van der Waals surface area contributed by atoms with E-state index in [1.165, 1.54) is 4.90 Å². The van der Waals surface area contributed by atoms with Crippen LogP contribution in [-0.4, -0.2) is 78.9 Å². The highest BCUT2D eigenvalue weighted by atomic mass is 19.4. The number of halogens is 3. The Balaban J connectivity index is 1.42.